The quantitative estimate of drug-likeness (QED) is 0.705. The van der Waals surface area contributed by atoms with Crippen LogP contribution in [0.15, 0.2) is 48.5 Å². The second-order valence-electron chi connectivity index (χ2n) is 3.73. The van der Waals surface area contributed by atoms with Crippen LogP contribution in [0, 0.1) is 6.92 Å². The SMILES string of the molecule is Cc1ccc(Cl)cc1Cc1ccccc1. The highest BCUT2D eigenvalue weighted by atomic mass is 35.5. The smallest absolute Gasteiger partial charge is 0.0409 e. The van der Waals surface area contributed by atoms with Crippen molar-refractivity contribution in [1.82, 2.24) is 0 Å². The molecule has 2 aromatic carbocycles. The van der Waals surface area contributed by atoms with Crippen molar-refractivity contribution in [2.24, 2.45) is 0 Å². The summed E-state index contributed by atoms with van der Waals surface area (Å²) in [6.07, 6.45) is 0.952. The zero-order chi connectivity index (χ0) is 10.7. The van der Waals surface area contributed by atoms with Gasteiger partial charge in [0, 0.05) is 5.02 Å². The van der Waals surface area contributed by atoms with Crippen LogP contribution in [-0.2, 0) is 6.42 Å². The van der Waals surface area contributed by atoms with E-state index in [0.29, 0.717) is 0 Å². The van der Waals surface area contributed by atoms with E-state index in [1.807, 2.05) is 18.2 Å². The van der Waals surface area contributed by atoms with E-state index in [-0.39, 0.29) is 0 Å². The lowest BCUT2D eigenvalue weighted by Gasteiger charge is -2.06. The Balaban J connectivity index is 2.28. The Hall–Kier alpha value is -1.27. The maximum Gasteiger partial charge on any atom is 0.0409 e. The van der Waals surface area contributed by atoms with Gasteiger partial charge in [-0.25, -0.2) is 0 Å². The number of rotatable bonds is 2. The molecule has 0 unspecified atom stereocenters. The van der Waals surface area contributed by atoms with Crippen LogP contribution >= 0.6 is 11.6 Å². The summed E-state index contributed by atoms with van der Waals surface area (Å²) in [6.45, 7) is 2.12. The Morgan fingerprint density at radius 2 is 1.73 bits per heavy atom. The van der Waals surface area contributed by atoms with E-state index in [1.165, 1.54) is 16.7 Å². The molecule has 0 fully saturated rings. The molecule has 0 bridgehead atoms. The third-order valence-corrected chi connectivity index (χ3v) is 2.78. The maximum atomic E-state index is 5.98. The second-order valence-corrected chi connectivity index (χ2v) is 4.17. The fourth-order valence-electron chi connectivity index (χ4n) is 1.65. The highest BCUT2D eigenvalue weighted by Gasteiger charge is 2.00. The molecule has 0 saturated carbocycles. The van der Waals surface area contributed by atoms with Gasteiger partial charge < -0.3 is 0 Å². The van der Waals surface area contributed by atoms with E-state index >= 15 is 0 Å². The van der Waals surface area contributed by atoms with Crippen molar-refractivity contribution in [2.45, 2.75) is 13.3 Å². The van der Waals surface area contributed by atoms with Crippen LogP contribution in [0.25, 0.3) is 0 Å². The Morgan fingerprint density at radius 3 is 2.47 bits per heavy atom. The van der Waals surface area contributed by atoms with Gasteiger partial charge in [0.2, 0.25) is 0 Å². The first-order valence-corrected chi connectivity index (χ1v) is 5.42. The molecule has 76 valence electrons. The van der Waals surface area contributed by atoms with Crippen molar-refractivity contribution in [3.63, 3.8) is 0 Å². The predicted octanol–water partition coefficient (Wildman–Crippen LogP) is 4.24. The summed E-state index contributed by atoms with van der Waals surface area (Å²) in [5.41, 5.74) is 3.92. The average molecular weight is 217 g/mol. The van der Waals surface area contributed by atoms with E-state index < -0.39 is 0 Å². The average Bonchev–Trinajstić information content (AvgIpc) is 2.25. The summed E-state index contributed by atoms with van der Waals surface area (Å²) in [5.74, 6) is 0. The molecule has 0 amide bonds. The Labute approximate surface area is 95.5 Å². The lowest BCUT2D eigenvalue weighted by molar-refractivity contribution is 1.16. The third kappa shape index (κ3) is 2.60. The van der Waals surface area contributed by atoms with Crippen molar-refractivity contribution in [2.75, 3.05) is 0 Å². The Bertz CT molecular complexity index is 446. The van der Waals surface area contributed by atoms with Crippen molar-refractivity contribution in [3.8, 4) is 0 Å². The third-order valence-electron chi connectivity index (χ3n) is 2.55. The Morgan fingerprint density at radius 1 is 1.00 bits per heavy atom. The number of benzene rings is 2. The molecule has 0 spiro atoms. The molecule has 0 saturated heterocycles. The predicted molar refractivity (Wildman–Crippen MR) is 65.4 cm³/mol. The molecule has 0 aliphatic rings. The molecule has 0 aliphatic carbocycles. The maximum absolute atomic E-state index is 5.98. The molecule has 0 aliphatic heterocycles. The van der Waals surface area contributed by atoms with Crippen LogP contribution < -0.4 is 0 Å². The van der Waals surface area contributed by atoms with E-state index in [0.717, 1.165) is 11.4 Å². The van der Waals surface area contributed by atoms with Gasteiger partial charge in [0.1, 0.15) is 0 Å². The van der Waals surface area contributed by atoms with Gasteiger partial charge in [0.05, 0.1) is 0 Å². The first-order valence-electron chi connectivity index (χ1n) is 5.04. The molecule has 15 heavy (non-hydrogen) atoms. The van der Waals surface area contributed by atoms with Crippen LogP contribution in [0.2, 0.25) is 5.02 Å². The van der Waals surface area contributed by atoms with E-state index in [9.17, 15) is 0 Å². The zero-order valence-corrected chi connectivity index (χ0v) is 9.46. The van der Waals surface area contributed by atoms with Crippen molar-refractivity contribution in [3.05, 3.63) is 70.2 Å². The molecule has 2 rings (SSSR count). The summed E-state index contributed by atoms with van der Waals surface area (Å²) in [7, 11) is 0. The van der Waals surface area contributed by atoms with Gasteiger partial charge in [0.25, 0.3) is 0 Å². The standard InChI is InChI=1S/C14H13Cl/c1-11-7-8-14(15)10-13(11)9-12-5-3-2-4-6-12/h2-8,10H,9H2,1H3. The summed E-state index contributed by atoms with van der Waals surface area (Å²) in [4.78, 5) is 0. The molecule has 0 nitrogen and oxygen atoms in total. The molecular weight excluding hydrogens is 204 g/mol. The second kappa shape index (κ2) is 4.50. The van der Waals surface area contributed by atoms with Gasteiger partial charge >= 0.3 is 0 Å². The van der Waals surface area contributed by atoms with Gasteiger partial charge in [-0.15, -0.1) is 0 Å². The fraction of sp³-hybridized carbons (Fsp3) is 0.143. The minimum Gasteiger partial charge on any atom is -0.0843 e. The fourth-order valence-corrected chi connectivity index (χ4v) is 1.84. The molecular formula is C14H13Cl. The van der Waals surface area contributed by atoms with Crippen LogP contribution in [-0.4, -0.2) is 0 Å². The minimum atomic E-state index is 0.812. The van der Waals surface area contributed by atoms with E-state index in [1.54, 1.807) is 0 Å². The summed E-state index contributed by atoms with van der Waals surface area (Å²) in [5, 5.41) is 0.812. The van der Waals surface area contributed by atoms with Gasteiger partial charge in [-0.1, -0.05) is 48.0 Å². The van der Waals surface area contributed by atoms with Crippen LogP contribution in [0.4, 0.5) is 0 Å². The lowest BCUT2D eigenvalue weighted by Crippen LogP contribution is -1.91. The molecule has 1 heteroatoms. The summed E-state index contributed by atoms with van der Waals surface area (Å²) in [6, 6.07) is 16.5. The van der Waals surface area contributed by atoms with Crippen LogP contribution in [0.3, 0.4) is 0 Å². The van der Waals surface area contributed by atoms with Gasteiger partial charge in [0.15, 0.2) is 0 Å². The largest absolute Gasteiger partial charge is 0.0843 e. The van der Waals surface area contributed by atoms with Gasteiger partial charge in [-0.05, 0) is 42.2 Å². The van der Waals surface area contributed by atoms with E-state index in [2.05, 4.69) is 37.3 Å². The highest BCUT2D eigenvalue weighted by molar-refractivity contribution is 6.30. The first kappa shape index (κ1) is 10.3. The monoisotopic (exact) mass is 216 g/mol. The van der Waals surface area contributed by atoms with Gasteiger partial charge in [-0.2, -0.15) is 0 Å². The Kier molecular flexibility index (Phi) is 3.08. The number of hydrogen-bond acceptors (Lipinski definition) is 0. The van der Waals surface area contributed by atoms with E-state index in [4.69, 9.17) is 11.6 Å². The number of aryl methyl sites for hydroxylation is 1. The lowest BCUT2D eigenvalue weighted by atomic mass is 10.0. The molecule has 0 aromatic heterocycles. The molecule has 0 heterocycles. The van der Waals surface area contributed by atoms with Crippen molar-refractivity contribution < 1.29 is 0 Å². The van der Waals surface area contributed by atoms with Gasteiger partial charge in [-0.3, -0.25) is 0 Å². The minimum absolute atomic E-state index is 0.812. The topological polar surface area (TPSA) is 0 Å². The molecule has 2 aromatic rings. The molecule has 0 N–H and O–H groups in total. The van der Waals surface area contributed by atoms with Crippen LogP contribution in [0.5, 0.6) is 0 Å². The normalized spacial score (nSPS) is 10.3. The first-order chi connectivity index (χ1) is 7.25. The summed E-state index contributed by atoms with van der Waals surface area (Å²) >= 11 is 5.98. The summed E-state index contributed by atoms with van der Waals surface area (Å²) < 4.78 is 0. The molecule has 0 radical (unpaired) electrons. The van der Waals surface area contributed by atoms with Crippen LogP contribution in [0.1, 0.15) is 16.7 Å². The molecule has 0 atom stereocenters. The zero-order valence-electron chi connectivity index (χ0n) is 8.70. The van der Waals surface area contributed by atoms with Crippen molar-refractivity contribution in [1.29, 1.82) is 0 Å². The number of hydrogen-bond donors (Lipinski definition) is 0. The highest BCUT2D eigenvalue weighted by Crippen LogP contribution is 2.18. The van der Waals surface area contributed by atoms with Crippen molar-refractivity contribution >= 4 is 11.6 Å². The number of halogens is 1.